The Labute approximate surface area is 174 Å². The van der Waals surface area contributed by atoms with Gasteiger partial charge in [0.15, 0.2) is 11.0 Å². The molecule has 0 spiro atoms. The van der Waals surface area contributed by atoms with Crippen molar-refractivity contribution in [3.63, 3.8) is 0 Å². The van der Waals surface area contributed by atoms with E-state index in [1.54, 1.807) is 11.3 Å². The summed E-state index contributed by atoms with van der Waals surface area (Å²) >= 11 is 1.61. The molecule has 0 bridgehead atoms. The minimum atomic E-state index is -1.49. The molecule has 7 heteroatoms. The highest BCUT2D eigenvalue weighted by molar-refractivity contribution is 7.93. The van der Waals surface area contributed by atoms with Crippen LogP contribution in [0.2, 0.25) is 0 Å². The molecule has 1 amide bonds. The van der Waals surface area contributed by atoms with Gasteiger partial charge in [-0.25, -0.2) is 4.21 Å². The standard InChI is InChI=1S/C22H17NO4S2/c24-22-12-21(29(25)23-22)14-4-6-15(7-5-14)26-20-9-8-18-17(20)2-1-3-19(18)27-16-10-11-28-13-16/h1-7,10-13,20H,8-9H2,(H,23,24)/t20-,29?/m1/s1. The number of fused-ring (bicyclic) bond motifs is 1. The normalized spacial score (nSPS) is 20.1. The van der Waals surface area contributed by atoms with Crippen molar-refractivity contribution in [1.29, 1.82) is 0 Å². The van der Waals surface area contributed by atoms with E-state index in [4.69, 9.17) is 9.47 Å². The van der Waals surface area contributed by atoms with Crippen molar-refractivity contribution in [1.82, 2.24) is 4.72 Å². The van der Waals surface area contributed by atoms with Crippen LogP contribution in [0.5, 0.6) is 17.2 Å². The van der Waals surface area contributed by atoms with E-state index >= 15 is 0 Å². The fourth-order valence-corrected chi connectivity index (χ4v) is 5.11. The van der Waals surface area contributed by atoms with E-state index in [1.807, 2.05) is 53.2 Å². The molecule has 5 nitrogen and oxygen atoms in total. The average molecular weight is 424 g/mol. The van der Waals surface area contributed by atoms with Gasteiger partial charge in [0.05, 0.1) is 4.91 Å². The monoisotopic (exact) mass is 423 g/mol. The Morgan fingerprint density at radius 3 is 2.66 bits per heavy atom. The second kappa shape index (κ2) is 7.50. The van der Waals surface area contributed by atoms with Crippen LogP contribution in [0, 0.1) is 0 Å². The summed E-state index contributed by atoms with van der Waals surface area (Å²) in [7, 11) is -1.49. The van der Waals surface area contributed by atoms with Gasteiger partial charge >= 0.3 is 0 Å². The van der Waals surface area contributed by atoms with Crippen LogP contribution in [0.25, 0.3) is 4.91 Å². The minimum Gasteiger partial charge on any atom is -0.486 e. The molecule has 5 rings (SSSR count). The summed E-state index contributed by atoms with van der Waals surface area (Å²) in [5, 5.41) is 3.98. The molecule has 1 aliphatic heterocycles. The molecule has 2 atom stereocenters. The third-order valence-corrected chi connectivity index (χ3v) is 6.77. The van der Waals surface area contributed by atoms with Gasteiger partial charge in [0, 0.05) is 17.0 Å². The van der Waals surface area contributed by atoms with Crippen LogP contribution in [0.4, 0.5) is 0 Å². The zero-order valence-corrected chi connectivity index (χ0v) is 16.9. The smallest absolute Gasteiger partial charge is 0.257 e. The Kier molecular flexibility index (Phi) is 4.69. The van der Waals surface area contributed by atoms with Crippen molar-refractivity contribution in [2.24, 2.45) is 0 Å². The Morgan fingerprint density at radius 1 is 1.07 bits per heavy atom. The van der Waals surface area contributed by atoms with Gasteiger partial charge in [0.1, 0.15) is 23.4 Å². The third-order valence-electron chi connectivity index (χ3n) is 4.97. The van der Waals surface area contributed by atoms with Gasteiger partial charge in [-0.2, -0.15) is 0 Å². The van der Waals surface area contributed by atoms with Crippen LogP contribution < -0.4 is 14.2 Å². The number of rotatable bonds is 5. The number of amides is 1. The first-order chi connectivity index (χ1) is 14.2. The zero-order chi connectivity index (χ0) is 19.8. The lowest BCUT2D eigenvalue weighted by atomic mass is 10.1. The maximum absolute atomic E-state index is 11.9. The van der Waals surface area contributed by atoms with Gasteiger partial charge in [-0.1, -0.05) is 24.3 Å². The molecule has 3 aromatic rings. The molecule has 1 unspecified atom stereocenters. The molecule has 0 saturated carbocycles. The maximum atomic E-state index is 11.9. The molecule has 2 heterocycles. The predicted octanol–water partition coefficient (Wildman–Crippen LogP) is 4.74. The van der Waals surface area contributed by atoms with Crippen molar-refractivity contribution in [3.05, 3.63) is 82.1 Å². The average Bonchev–Trinajstić information content (AvgIpc) is 3.44. The highest BCUT2D eigenvalue weighted by atomic mass is 32.2. The summed E-state index contributed by atoms with van der Waals surface area (Å²) in [6.45, 7) is 0. The highest BCUT2D eigenvalue weighted by Crippen LogP contribution is 2.41. The van der Waals surface area contributed by atoms with Crippen molar-refractivity contribution >= 4 is 33.1 Å². The van der Waals surface area contributed by atoms with E-state index in [0.29, 0.717) is 4.91 Å². The molecule has 0 saturated heterocycles. The zero-order valence-electron chi connectivity index (χ0n) is 15.3. The number of thiophene rings is 1. The van der Waals surface area contributed by atoms with E-state index < -0.39 is 11.0 Å². The predicted molar refractivity (Wildman–Crippen MR) is 113 cm³/mol. The lowest BCUT2D eigenvalue weighted by molar-refractivity contribution is -0.114. The van der Waals surface area contributed by atoms with Gasteiger partial charge in [-0.05, 0) is 53.6 Å². The van der Waals surface area contributed by atoms with Crippen LogP contribution in [0.3, 0.4) is 0 Å². The van der Waals surface area contributed by atoms with Gasteiger partial charge in [-0.3, -0.25) is 9.52 Å². The van der Waals surface area contributed by atoms with E-state index in [1.165, 1.54) is 11.6 Å². The fraction of sp³-hybridized carbons (Fsp3) is 0.136. The summed E-state index contributed by atoms with van der Waals surface area (Å²) in [6, 6.07) is 15.4. The number of benzene rings is 2. The second-order valence-electron chi connectivity index (χ2n) is 6.80. The number of nitrogens with one attached hydrogen (secondary N) is 1. The molecule has 29 heavy (non-hydrogen) atoms. The van der Waals surface area contributed by atoms with E-state index in [-0.39, 0.29) is 12.0 Å². The molecule has 2 aliphatic rings. The van der Waals surface area contributed by atoms with Gasteiger partial charge in [0.2, 0.25) is 0 Å². The van der Waals surface area contributed by atoms with Crippen molar-refractivity contribution in [3.8, 4) is 17.2 Å². The number of hydrogen-bond acceptors (Lipinski definition) is 5. The summed E-state index contributed by atoms with van der Waals surface area (Å²) in [4.78, 5) is 11.9. The highest BCUT2D eigenvalue weighted by Gasteiger charge is 2.27. The molecule has 1 aromatic heterocycles. The van der Waals surface area contributed by atoms with Crippen LogP contribution in [-0.2, 0) is 22.2 Å². The number of ether oxygens (including phenoxy) is 2. The SMILES string of the molecule is O=C1C=C(c2ccc(O[C@@H]3CCc4c(Oc5ccsc5)cccc43)cc2)S(=O)N1. The third kappa shape index (κ3) is 3.59. The van der Waals surface area contributed by atoms with Crippen LogP contribution in [-0.4, -0.2) is 10.1 Å². The molecule has 1 aliphatic carbocycles. The van der Waals surface area contributed by atoms with Crippen molar-refractivity contribution in [2.45, 2.75) is 18.9 Å². The van der Waals surface area contributed by atoms with Crippen LogP contribution in [0.15, 0.2) is 65.4 Å². The quantitative estimate of drug-likeness (QED) is 0.644. The van der Waals surface area contributed by atoms with Crippen LogP contribution in [0.1, 0.15) is 29.2 Å². The Hall–Kier alpha value is -2.90. The molecular weight excluding hydrogens is 406 g/mol. The Balaban J connectivity index is 1.34. The number of carbonyl (C=O) groups excluding carboxylic acids is 1. The summed E-state index contributed by atoms with van der Waals surface area (Å²) in [5.74, 6) is 2.14. The fourth-order valence-electron chi connectivity index (χ4n) is 3.64. The molecule has 146 valence electrons. The van der Waals surface area contributed by atoms with Gasteiger partial charge in [-0.15, -0.1) is 11.3 Å². The molecule has 2 aromatic carbocycles. The van der Waals surface area contributed by atoms with Crippen molar-refractivity contribution in [2.75, 3.05) is 0 Å². The Bertz CT molecular complexity index is 1120. The van der Waals surface area contributed by atoms with E-state index in [2.05, 4.69) is 10.8 Å². The van der Waals surface area contributed by atoms with E-state index in [0.717, 1.165) is 41.2 Å². The summed E-state index contributed by atoms with van der Waals surface area (Å²) < 4.78 is 26.5. The lowest BCUT2D eigenvalue weighted by Crippen LogP contribution is -2.16. The van der Waals surface area contributed by atoms with Gasteiger partial charge < -0.3 is 9.47 Å². The van der Waals surface area contributed by atoms with E-state index in [9.17, 15) is 9.00 Å². The van der Waals surface area contributed by atoms with Gasteiger partial charge in [0.25, 0.3) is 5.91 Å². The maximum Gasteiger partial charge on any atom is 0.257 e. The number of hydrogen-bond donors (Lipinski definition) is 1. The summed E-state index contributed by atoms with van der Waals surface area (Å²) in [5.41, 5.74) is 3.08. The molecular formula is C22H17NO4S2. The minimum absolute atomic E-state index is 0.0371. The first-order valence-corrected chi connectivity index (χ1v) is 11.3. The lowest BCUT2D eigenvalue weighted by Gasteiger charge is -2.16. The second-order valence-corrected chi connectivity index (χ2v) is 8.76. The first-order valence-electron chi connectivity index (χ1n) is 9.20. The van der Waals surface area contributed by atoms with Crippen LogP contribution >= 0.6 is 11.3 Å². The number of carbonyl (C=O) groups is 1. The largest absolute Gasteiger partial charge is 0.486 e. The summed E-state index contributed by atoms with van der Waals surface area (Å²) in [6.07, 6.45) is 3.12. The molecule has 0 radical (unpaired) electrons. The molecule has 0 fully saturated rings. The Morgan fingerprint density at radius 2 is 1.93 bits per heavy atom. The molecule has 1 N–H and O–H groups in total. The topological polar surface area (TPSA) is 64.6 Å². The first kappa shape index (κ1) is 18.1. The van der Waals surface area contributed by atoms with Crippen molar-refractivity contribution < 1.29 is 18.5 Å².